The fourth-order valence-corrected chi connectivity index (χ4v) is 7.06. The van der Waals surface area contributed by atoms with Crippen LogP contribution in [0.4, 0.5) is 0 Å². The molecule has 2 saturated heterocycles. The molecule has 0 aromatic rings. The monoisotopic (exact) mass is 277 g/mol. The van der Waals surface area contributed by atoms with E-state index in [2.05, 4.69) is 54.4 Å². The number of nitrogens with one attached hydrogen (secondary N) is 1. The number of hydrogen-bond donors (Lipinski definition) is 1. The molecular weight excluding hydrogens is 254 g/mol. The highest BCUT2D eigenvalue weighted by Crippen LogP contribution is 2.51. The van der Waals surface area contributed by atoms with Gasteiger partial charge in [0.2, 0.25) is 0 Å². The molecule has 1 unspecified atom stereocenters. The zero-order valence-electron chi connectivity index (χ0n) is 10.4. The molecule has 2 fully saturated rings. The second kappa shape index (κ2) is 5.77. The Morgan fingerprint density at radius 3 is 2.31 bits per heavy atom. The third-order valence-electron chi connectivity index (χ3n) is 3.45. The third kappa shape index (κ3) is 3.27. The lowest BCUT2D eigenvalue weighted by Crippen LogP contribution is -2.35. The molecule has 2 rings (SSSR count). The van der Waals surface area contributed by atoms with Crippen LogP contribution in [0.5, 0.6) is 0 Å². The van der Waals surface area contributed by atoms with E-state index in [9.17, 15) is 0 Å². The minimum absolute atomic E-state index is 0.366. The number of thioether (sulfide) groups is 3. The van der Waals surface area contributed by atoms with E-state index in [1.165, 1.54) is 49.5 Å². The molecule has 16 heavy (non-hydrogen) atoms. The van der Waals surface area contributed by atoms with Crippen LogP contribution >= 0.6 is 35.3 Å². The highest BCUT2D eigenvalue weighted by molar-refractivity contribution is 8.21. The fourth-order valence-electron chi connectivity index (χ4n) is 2.52. The van der Waals surface area contributed by atoms with Crippen molar-refractivity contribution in [2.75, 3.05) is 23.8 Å². The Bertz CT molecular complexity index is 220. The summed E-state index contributed by atoms with van der Waals surface area (Å²) in [5.74, 6) is 4.02. The van der Waals surface area contributed by atoms with Crippen molar-refractivity contribution in [3.05, 3.63) is 0 Å². The second-order valence-corrected chi connectivity index (χ2v) is 9.68. The summed E-state index contributed by atoms with van der Waals surface area (Å²) in [6.07, 6.45) is 5.44. The van der Waals surface area contributed by atoms with Gasteiger partial charge in [0.05, 0.1) is 8.95 Å². The largest absolute Gasteiger partial charge is 0.302 e. The van der Waals surface area contributed by atoms with Gasteiger partial charge in [0, 0.05) is 23.8 Å². The van der Waals surface area contributed by atoms with Gasteiger partial charge in [-0.3, -0.25) is 0 Å². The van der Waals surface area contributed by atoms with Crippen LogP contribution in [0.3, 0.4) is 0 Å². The first-order valence-electron chi connectivity index (χ1n) is 6.35. The number of rotatable bonds is 5. The Morgan fingerprint density at radius 2 is 1.75 bits per heavy atom. The van der Waals surface area contributed by atoms with E-state index in [0.29, 0.717) is 8.95 Å². The Hall–Kier alpha value is 1.01. The molecule has 94 valence electrons. The average Bonchev–Trinajstić information content (AvgIpc) is 2.87. The van der Waals surface area contributed by atoms with Crippen molar-refractivity contribution in [2.24, 2.45) is 0 Å². The summed E-state index contributed by atoms with van der Waals surface area (Å²) >= 11 is 6.56. The molecule has 4 heteroatoms. The predicted octanol–water partition coefficient (Wildman–Crippen LogP) is 3.80. The van der Waals surface area contributed by atoms with Crippen LogP contribution < -0.4 is 5.32 Å². The second-order valence-electron chi connectivity index (χ2n) is 4.86. The van der Waals surface area contributed by atoms with E-state index in [-0.39, 0.29) is 0 Å². The molecule has 0 saturated carbocycles. The summed E-state index contributed by atoms with van der Waals surface area (Å²) < 4.78 is 0.558. The lowest BCUT2D eigenvalue weighted by molar-refractivity contribution is 0.469. The Balaban J connectivity index is 1.86. The van der Waals surface area contributed by atoms with Crippen molar-refractivity contribution < 1.29 is 0 Å². The molecule has 0 amide bonds. The van der Waals surface area contributed by atoms with E-state index in [1.807, 2.05) is 0 Å². The Kier molecular flexibility index (Phi) is 4.84. The SMILES string of the molecule is CCCC1(CCC2(C)NCCS2)SCCS1. The molecule has 0 aromatic heterocycles. The first-order chi connectivity index (χ1) is 7.68. The molecule has 1 N–H and O–H groups in total. The van der Waals surface area contributed by atoms with Crippen molar-refractivity contribution in [2.45, 2.75) is 48.5 Å². The van der Waals surface area contributed by atoms with Gasteiger partial charge in [-0.25, -0.2) is 0 Å². The van der Waals surface area contributed by atoms with Crippen molar-refractivity contribution in [3.63, 3.8) is 0 Å². The van der Waals surface area contributed by atoms with Crippen LogP contribution in [0.1, 0.15) is 39.5 Å². The van der Waals surface area contributed by atoms with Crippen LogP contribution in [0.25, 0.3) is 0 Å². The molecule has 2 heterocycles. The van der Waals surface area contributed by atoms with Gasteiger partial charge in [-0.1, -0.05) is 13.3 Å². The van der Waals surface area contributed by atoms with Gasteiger partial charge in [0.25, 0.3) is 0 Å². The first-order valence-corrected chi connectivity index (χ1v) is 9.31. The maximum Gasteiger partial charge on any atom is 0.0618 e. The minimum atomic E-state index is 0.366. The van der Waals surface area contributed by atoms with E-state index >= 15 is 0 Å². The Labute approximate surface area is 113 Å². The zero-order valence-corrected chi connectivity index (χ0v) is 12.8. The summed E-state index contributed by atoms with van der Waals surface area (Å²) in [4.78, 5) is 0.366. The van der Waals surface area contributed by atoms with Gasteiger partial charge in [0.15, 0.2) is 0 Å². The van der Waals surface area contributed by atoms with Crippen LogP contribution in [0.2, 0.25) is 0 Å². The minimum Gasteiger partial charge on any atom is -0.302 e. The normalized spacial score (nSPS) is 33.4. The molecule has 0 spiro atoms. The van der Waals surface area contributed by atoms with E-state index in [4.69, 9.17) is 0 Å². The van der Waals surface area contributed by atoms with Crippen LogP contribution in [0, 0.1) is 0 Å². The molecule has 1 nitrogen and oxygen atoms in total. The van der Waals surface area contributed by atoms with E-state index < -0.39 is 0 Å². The van der Waals surface area contributed by atoms with Gasteiger partial charge in [-0.15, -0.1) is 35.3 Å². The first kappa shape index (κ1) is 13.4. The highest BCUT2D eigenvalue weighted by atomic mass is 32.2. The highest BCUT2D eigenvalue weighted by Gasteiger charge is 2.38. The lowest BCUT2D eigenvalue weighted by atomic mass is 10.1. The molecule has 0 aromatic carbocycles. The zero-order chi connectivity index (χ0) is 11.5. The van der Waals surface area contributed by atoms with Crippen molar-refractivity contribution >= 4 is 35.3 Å². The molecular formula is C12H23NS3. The topological polar surface area (TPSA) is 12.0 Å². The maximum absolute atomic E-state index is 3.66. The molecule has 2 aliphatic rings. The average molecular weight is 278 g/mol. The fraction of sp³-hybridized carbons (Fsp3) is 1.00. The van der Waals surface area contributed by atoms with Gasteiger partial charge in [-0.2, -0.15) is 0 Å². The smallest absolute Gasteiger partial charge is 0.0618 e. The summed E-state index contributed by atoms with van der Waals surface area (Å²) in [5.41, 5.74) is 0. The number of hydrogen-bond acceptors (Lipinski definition) is 4. The predicted molar refractivity (Wildman–Crippen MR) is 80.7 cm³/mol. The van der Waals surface area contributed by atoms with Gasteiger partial charge in [0.1, 0.15) is 0 Å². The van der Waals surface area contributed by atoms with Crippen LogP contribution in [-0.2, 0) is 0 Å². The van der Waals surface area contributed by atoms with E-state index in [1.54, 1.807) is 0 Å². The summed E-state index contributed by atoms with van der Waals surface area (Å²) in [7, 11) is 0. The summed E-state index contributed by atoms with van der Waals surface area (Å²) in [5, 5.41) is 3.66. The maximum atomic E-state index is 3.66. The van der Waals surface area contributed by atoms with Gasteiger partial charge < -0.3 is 5.32 Å². The van der Waals surface area contributed by atoms with E-state index in [0.717, 1.165) is 0 Å². The lowest BCUT2D eigenvalue weighted by Gasteiger charge is -2.32. The molecule has 1 atom stereocenters. The standard InChI is InChI=1S/C12H23NS3/c1-3-4-12(15-9-10-16-12)6-5-11(2)13-7-8-14-11/h13H,3-10H2,1-2H3. The molecule has 0 radical (unpaired) electrons. The molecule has 0 aliphatic carbocycles. The van der Waals surface area contributed by atoms with Gasteiger partial charge >= 0.3 is 0 Å². The molecule has 0 bridgehead atoms. The third-order valence-corrected chi connectivity index (χ3v) is 8.49. The van der Waals surface area contributed by atoms with Gasteiger partial charge in [-0.05, 0) is 26.2 Å². The Morgan fingerprint density at radius 1 is 1.00 bits per heavy atom. The summed E-state index contributed by atoms with van der Waals surface area (Å²) in [6, 6.07) is 0. The quantitative estimate of drug-likeness (QED) is 0.820. The van der Waals surface area contributed by atoms with Crippen molar-refractivity contribution in [1.82, 2.24) is 5.32 Å². The molecule has 2 aliphatic heterocycles. The summed E-state index contributed by atoms with van der Waals surface area (Å²) in [6.45, 7) is 5.91. The van der Waals surface area contributed by atoms with Crippen molar-refractivity contribution in [1.29, 1.82) is 0 Å². The van der Waals surface area contributed by atoms with Crippen LogP contribution in [-0.4, -0.2) is 32.8 Å². The van der Waals surface area contributed by atoms with Crippen LogP contribution in [0.15, 0.2) is 0 Å². The van der Waals surface area contributed by atoms with Crippen molar-refractivity contribution in [3.8, 4) is 0 Å².